The molecule has 0 bridgehead atoms. The molecule has 0 aliphatic carbocycles. The summed E-state index contributed by atoms with van der Waals surface area (Å²) in [5.41, 5.74) is 1.92. The Labute approximate surface area is 189 Å². The van der Waals surface area contributed by atoms with Crippen molar-refractivity contribution in [1.82, 2.24) is 10.3 Å². The van der Waals surface area contributed by atoms with E-state index in [0.717, 1.165) is 6.42 Å². The molecule has 2 aromatic heterocycles. The molecule has 6 heteroatoms. The number of rotatable bonds is 7. The van der Waals surface area contributed by atoms with Crippen molar-refractivity contribution in [3.63, 3.8) is 0 Å². The fourth-order valence-electron chi connectivity index (χ4n) is 3.50. The number of hydrogen-bond acceptors (Lipinski definition) is 4. The van der Waals surface area contributed by atoms with E-state index in [1.807, 2.05) is 45.0 Å². The van der Waals surface area contributed by atoms with Crippen LogP contribution in [0.3, 0.4) is 0 Å². The highest BCUT2D eigenvalue weighted by atomic mass is 16.3. The van der Waals surface area contributed by atoms with Crippen molar-refractivity contribution in [2.24, 2.45) is 0 Å². The van der Waals surface area contributed by atoms with Crippen LogP contribution in [0.15, 0.2) is 71.6 Å². The minimum atomic E-state index is -0.921. The van der Waals surface area contributed by atoms with Crippen LogP contribution in [0.1, 0.15) is 74.7 Å². The van der Waals surface area contributed by atoms with Crippen LogP contribution in [0, 0.1) is 0 Å². The lowest BCUT2D eigenvalue weighted by Gasteiger charge is -2.33. The van der Waals surface area contributed by atoms with Gasteiger partial charge < -0.3 is 9.73 Å². The van der Waals surface area contributed by atoms with Crippen LogP contribution in [0.2, 0.25) is 0 Å². The number of nitrogens with one attached hydrogen (secondary N) is 1. The molecule has 1 aromatic carbocycles. The lowest BCUT2D eigenvalue weighted by molar-refractivity contribution is -0.123. The standard InChI is InChI=1S/C26H31N3O3/c1-6-18(2)19-11-13-21(14-12-19)29(25(31)22-10-8-16-32-22)23(20-9-7-15-27-17-20)24(30)28-26(3,4)5/h7-18,23H,6H2,1-5H3,(H,28,30)/t18?,23-/m0/s1. The molecule has 0 saturated carbocycles. The zero-order valence-corrected chi connectivity index (χ0v) is 19.3. The summed E-state index contributed by atoms with van der Waals surface area (Å²) in [5.74, 6) is -0.134. The van der Waals surface area contributed by atoms with Gasteiger partial charge in [-0.2, -0.15) is 0 Å². The van der Waals surface area contributed by atoms with Gasteiger partial charge in [0.25, 0.3) is 5.91 Å². The van der Waals surface area contributed by atoms with E-state index in [0.29, 0.717) is 17.2 Å². The molecule has 2 atom stereocenters. The van der Waals surface area contributed by atoms with Crippen molar-refractivity contribution < 1.29 is 14.0 Å². The van der Waals surface area contributed by atoms with Gasteiger partial charge in [-0.25, -0.2) is 0 Å². The molecule has 1 unspecified atom stereocenters. The van der Waals surface area contributed by atoms with E-state index in [-0.39, 0.29) is 11.7 Å². The minimum Gasteiger partial charge on any atom is -0.459 e. The van der Waals surface area contributed by atoms with Gasteiger partial charge in [0.1, 0.15) is 6.04 Å². The molecular weight excluding hydrogens is 402 g/mol. The monoisotopic (exact) mass is 433 g/mol. The van der Waals surface area contributed by atoms with Crippen LogP contribution in [0.4, 0.5) is 5.69 Å². The fourth-order valence-corrected chi connectivity index (χ4v) is 3.50. The van der Waals surface area contributed by atoms with E-state index in [1.165, 1.54) is 16.7 Å². The van der Waals surface area contributed by atoms with Gasteiger partial charge >= 0.3 is 0 Å². The first-order valence-electron chi connectivity index (χ1n) is 10.9. The van der Waals surface area contributed by atoms with Gasteiger partial charge in [0, 0.05) is 29.2 Å². The quantitative estimate of drug-likeness (QED) is 0.534. The summed E-state index contributed by atoms with van der Waals surface area (Å²) < 4.78 is 5.41. The number of anilines is 1. The summed E-state index contributed by atoms with van der Waals surface area (Å²) in [7, 11) is 0. The fraction of sp³-hybridized carbons (Fsp3) is 0.346. The smallest absolute Gasteiger partial charge is 0.294 e. The Balaban J connectivity index is 2.13. The van der Waals surface area contributed by atoms with Gasteiger partial charge in [0.2, 0.25) is 5.91 Å². The third kappa shape index (κ3) is 5.44. The summed E-state index contributed by atoms with van der Waals surface area (Å²) in [6, 6.07) is 13.7. The average molecular weight is 434 g/mol. The van der Waals surface area contributed by atoms with Crippen molar-refractivity contribution in [2.75, 3.05) is 4.90 Å². The maximum Gasteiger partial charge on any atom is 0.294 e. The molecule has 0 radical (unpaired) electrons. The molecule has 0 spiro atoms. The zero-order valence-electron chi connectivity index (χ0n) is 19.3. The van der Waals surface area contributed by atoms with Crippen LogP contribution in [0.25, 0.3) is 0 Å². The number of carbonyl (C=O) groups excluding carboxylic acids is 2. The van der Waals surface area contributed by atoms with E-state index in [2.05, 4.69) is 24.1 Å². The van der Waals surface area contributed by atoms with Gasteiger partial charge in [0.05, 0.1) is 6.26 Å². The molecule has 0 aliphatic heterocycles. The van der Waals surface area contributed by atoms with Gasteiger partial charge in [-0.15, -0.1) is 0 Å². The average Bonchev–Trinajstić information content (AvgIpc) is 3.31. The summed E-state index contributed by atoms with van der Waals surface area (Å²) in [4.78, 5) is 32.8. The number of nitrogens with zero attached hydrogens (tertiary/aromatic N) is 2. The molecule has 2 heterocycles. The predicted octanol–water partition coefficient (Wildman–Crippen LogP) is 5.49. The third-order valence-electron chi connectivity index (χ3n) is 5.31. The maximum absolute atomic E-state index is 13.6. The van der Waals surface area contributed by atoms with Crippen molar-refractivity contribution in [2.45, 2.75) is 58.5 Å². The van der Waals surface area contributed by atoms with E-state index in [9.17, 15) is 9.59 Å². The summed E-state index contributed by atoms with van der Waals surface area (Å²) in [6.07, 6.45) is 5.72. The molecule has 3 rings (SSSR count). The predicted molar refractivity (Wildman–Crippen MR) is 126 cm³/mol. The summed E-state index contributed by atoms with van der Waals surface area (Å²) in [6.45, 7) is 10.0. The van der Waals surface area contributed by atoms with E-state index in [1.54, 1.807) is 36.7 Å². The van der Waals surface area contributed by atoms with Crippen molar-refractivity contribution in [3.05, 3.63) is 84.1 Å². The normalized spacial score (nSPS) is 13.3. The van der Waals surface area contributed by atoms with Gasteiger partial charge in [0.15, 0.2) is 5.76 Å². The van der Waals surface area contributed by atoms with E-state index >= 15 is 0 Å². The molecule has 1 N–H and O–H groups in total. The van der Waals surface area contributed by atoms with Crippen LogP contribution < -0.4 is 10.2 Å². The second-order valence-corrected chi connectivity index (χ2v) is 8.98. The topological polar surface area (TPSA) is 75.4 Å². The Morgan fingerprint density at radius 2 is 1.78 bits per heavy atom. The number of carbonyl (C=O) groups is 2. The Morgan fingerprint density at radius 3 is 2.31 bits per heavy atom. The van der Waals surface area contributed by atoms with Crippen LogP contribution >= 0.6 is 0 Å². The van der Waals surface area contributed by atoms with E-state index in [4.69, 9.17) is 4.42 Å². The third-order valence-corrected chi connectivity index (χ3v) is 5.31. The second-order valence-electron chi connectivity index (χ2n) is 8.98. The highest BCUT2D eigenvalue weighted by Crippen LogP contribution is 2.31. The molecule has 168 valence electrons. The molecular formula is C26H31N3O3. The minimum absolute atomic E-state index is 0.161. The number of benzene rings is 1. The number of furan rings is 1. The molecule has 0 saturated heterocycles. The van der Waals surface area contributed by atoms with Crippen molar-refractivity contribution >= 4 is 17.5 Å². The Kier molecular flexibility index (Phi) is 7.13. The number of amides is 2. The molecule has 2 amide bonds. The maximum atomic E-state index is 13.6. The first kappa shape index (κ1) is 23.3. The van der Waals surface area contributed by atoms with E-state index < -0.39 is 17.5 Å². The lowest BCUT2D eigenvalue weighted by Crippen LogP contribution is -2.49. The Morgan fingerprint density at radius 1 is 1.06 bits per heavy atom. The van der Waals surface area contributed by atoms with Crippen molar-refractivity contribution in [3.8, 4) is 0 Å². The SMILES string of the molecule is CCC(C)c1ccc(N(C(=O)c2ccco2)[C@H](C(=O)NC(C)(C)C)c2cccnc2)cc1. The number of aromatic nitrogens is 1. The molecule has 32 heavy (non-hydrogen) atoms. The second kappa shape index (κ2) is 9.81. The van der Waals surface area contributed by atoms with Crippen LogP contribution in [0.5, 0.6) is 0 Å². The van der Waals surface area contributed by atoms with Gasteiger partial charge in [-0.1, -0.05) is 32.0 Å². The highest BCUT2D eigenvalue weighted by molar-refractivity contribution is 6.08. The summed E-state index contributed by atoms with van der Waals surface area (Å²) in [5, 5.41) is 3.02. The lowest BCUT2D eigenvalue weighted by atomic mass is 9.97. The summed E-state index contributed by atoms with van der Waals surface area (Å²) >= 11 is 0. The van der Waals surface area contributed by atoms with Crippen LogP contribution in [-0.2, 0) is 4.79 Å². The number of pyridine rings is 1. The zero-order chi connectivity index (χ0) is 23.3. The Bertz CT molecular complexity index is 1020. The first-order valence-corrected chi connectivity index (χ1v) is 10.9. The molecule has 3 aromatic rings. The number of hydrogen-bond donors (Lipinski definition) is 1. The molecule has 0 aliphatic rings. The highest BCUT2D eigenvalue weighted by Gasteiger charge is 2.36. The van der Waals surface area contributed by atoms with Crippen molar-refractivity contribution in [1.29, 1.82) is 0 Å². The Hall–Kier alpha value is -3.41. The first-order chi connectivity index (χ1) is 15.2. The van der Waals surface area contributed by atoms with Gasteiger partial charge in [-0.3, -0.25) is 19.5 Å². The molecule has 6 nitrogen and oxygen atoms in total. The largest absolute Gasteiger partial charge is 0.459 e. The van der Waals surface area contributed by atoms with Gasteiger partial charge in [-0.05, 0) is 69.0 Å². The van der Waals surface area contributed by atoms with Crippen LogP contribution in [-0.4, -0.2) is 22.3 Å². The molecule has 0 fully saturated rings.